The van der Waals surface area contributed by atoms with Crippen molar-refractivity contribution in [3.8, 4) is 0 Å². The zero-order valence-electron chi connectivity index (χ0n) is 12.4. The summed E-state index contributed by atoms with van der Waals surface area (Å²) in [5.74, 6) is 1.45. The number of aromatic nitrogens is 3. The van der Waals surface area contributed by atoms with Crippen LogP contribution in [0.4, 0.5) is 0 Å². The number of aliphatic hydroxyl groups is 1. The van der Waals surface area contributed by atoms with Crippen molar-refractivity contribution < 1.29 is 5.11 Å². The van der Waals surface area contributed by atoms with Crippen molar-refractivity contribution in [2.24, 2.45) is 5.92 Å². The van der Waals surface area contributed by atoms with Crippen molar-refractivity contribution in [2.45, 2.75) is 45.8 Å². The minimum Gasteiger partial charge on any atom is -0.392 e. The highest BCUT2D eigenvalue weighted by Crippen LogP contribution is 2.21. The maximum Gasteiger partial charge on any atom is 0.138 e. The van der Waals surface area contributed by atoms with Crippen molar-refractivity contribution in [3.63, 3.8) is 0 Å². The number of nitrogens with zero attached hydrogens (tertiary/aromatic N) is 3. The summed E-state index contributed by atoms with van der Waals surface area (Å²) in [6.45, 7) is 7.17. The molecule has 0 saturated heterocycles. The molecule has 108 valence electrons. The molecule has 2 rings (SSSR count). The Morgan fingerprint density at radius 1 is 1.15 bits per heavy atom. The van der Waals surface area contributed by atoms with Crippen LogP contribution in [0.25, 0.3) is 0 Å². The molecule has 0 aliphatic rings. The quantitative estimate of drug-likeness (QED) is 0.880. The van der Waals surface area contributed by atoms with Crippen LogP contribution in [0.3, 0.4) is 0 Å². The van der Waals surface area contributed by atoms with Gasteiger partial charge in [0.05, 0.1) is 6.10 Å². The molecule has 1 aromatic carbocycles. The minimum atomic E-state index is -0.451. The van der Waals surface area contributed by atoms with Crippen LogP contribution in [-0.2, 0) is 13.0 Å². The molecule has 0 bridgehead atoms. The van der Waals surface area contributed by atoms with Gasteiger partial charge in [0.15, 0.2) is 0 Å². The first-order chi connectivity index (χ1) is 9.58. The number of aliphatic hydroxyl groups excluding tert-OH is 1. The number of rotatable bonds is 6. The molecule has 20 heavy (non-hydrogen) atoms. The lowest BCUT2D eigenvalue weighted by atomic mass is 9.93. The molecule has 4 nitrogen and oxygen atoms in total. The van der Waals surface area contributed by atoms with Gasteiger partial charge in [0.2, 0.25) is 0 Å². The average molecular weight is 273 g/mol. The Labute approximate surface area is 120 Å². The monoisotopic (exact) mass is 273 g/mol. The van der Waals surface area contributed by atoms with Crippen LogP contribution < -0.4 is 0 Å². The summed E-state index contributed by atoms with van der Waals surface area (Å²) < 4.78 is 1.89. The van der Waals surface area contributed by atoms with Gasteiger partial charge in [-0.25, -0.2) is 9.67 Å². The van der Waals surface area contributed by atoms with Crippen molar-refractivity contribution in [1.29, 1.82) is 0 Å². The zero-order chi connectivity index (χ0) is 14.5. The van der Waals surface area contributed by atoms with Gasteiger partial charge in [-0.05, 0) is 11.5 Å². The van der Waals surface area contributed by atoms with E-state index in [-0.39, 0.29) is 5.92 Å². The molecule has 0 aliphatic heterocycles. The van der Waals surface area contributed by atoms with Crippen LogP contribution in [0.1, 0.15) is 38.1 Å². The van der Waals surface area contributed by atoms with Crippen LogP contribution in [0, 0.1) is 5.92 Å². The maximum absolute atomic E-state index is 10.4. The van der Waals surface area contributed by atoms with E-state index in [4.69, 9.17) is 0 Å². The van der Waals surface area contributed by atoms with E-state index < -0.39 is 6.10 Å². The zero-order valence-corrected chi connectivity index (χ0v) is 12.4. The first-order valence-electron chi connectivity index (χ1n) is 7.17. The lowest BCUT2D eigenvalue weighted by Crippen LogP contribution is -2.22. The van der Waals surface area contributed by atoms with E-state index >= 15 is 0 Å². The third kappa shape index (κ3) is 3.67. The fourth-order valence-corrected chi connectivity index (χ4v) is 2.29. The van der Waals surface area contributed by atoms with Crippen molar-refractivity contribution in [2.75, 3.05) is 0 Å². The first kappa shape index (κ1) is 14.7. The molecule has 0 fully saturated rings. The highest BCUT2D eigenvalue weighted by atomic mass is 16.3. The molecule has 0 spiro atoms. The van der Waals surface area contributed by atoms with Crippen LogP contribution in [-0.4, -0.2) is 26.0 Å². The highest BCUT2D eigenvalue weighted by molar-refractivity contribution is 5.20. The molecule has 0 saturated carbocycles. The van der Waals surface area contributed by atoms with Gasteiger partial charge in [0, 0.05) is 18.9 Å². The van der Waals surface area contributed by atoms with E-state index in [1.54, 1.807) is 6.33 Å². The van der Waals surface area contributed by atoms with E-state index in [2.05, 4.69) is 23.9 Å². The minimum absolute atomic E-state index is 0.0837. The van der Waals surface area contributed by atoms with Gasteiger partial charge < -0.3 is 5.11 Å². The van der Waals surface area contributed by atoms with Gasteiger partial charge in [-0.15, -0.1) is 0 Å². The number of hydrogen-bond acceptors (Lipinski definition) is 3. The van der Waals surface area contributed by atoms with E-state index in [0.717, 1.165) is 17.9 Å². The SMILES string of the molecule is CC(C)Cn1ncnc1CC(O)C(C)c1ccccc1. The first-order valence-corrected chi connectivity index (χ1v) is 7.17. The van der Waals surface area contributed by atoms with E-state index in [1.807, 2.05) is 41.9 Å². The molecule has 0 aliphatic carbocycles. The Morgan fingerprint density at radius 2 is 1.85 bits per heavy atom. The molecule has 1 heterocycles. The smallest absolute Gasteiger partial charge is 0.138 e. The molecule has 2 aromatic rings. The van der Waals surface area contributed by atoms with Gasteiger partial charge in [-0.3, -0.25) is 0 Å². The molecular weight excluding hydrogens is 250 g/mol. The highest BCUT2D eigenvalue weighted by Gasteiger charge is 2.19. The predicted octanol–water partition coefficient (Wildman–Crippen LogP) is 2.64. The average Bonchev–Trinajstić information content (AvgIpc) is 2.85. The van der Waals surface area contributed by atoms with Crippen LogP contribution in [0.5, 0.6) is 0 Å². The standard InChI is InChI=1S/C16H23N3O/c1-12(2)10-19-16(17-11-18-19)9-15(20)13(3)14-7-5-4-6-8-14/h4-8,11-13,15,20H,9-10H2,1-3H3. The molecule has 0 amide bonds. The summed E-state index contributed by atoms with van der Waals surface area (Å²) in [6, 6.07) is 10.1. The molecule has 1 N–H and O–H groups in total. The van der Waals surface area contributed by atoms with Gasteiger partial charge in [-0.1, -0.05) is 51.1 Å². The Kier molecular flexibility index (Phi) is 4.90. The summed E-state index contributed by atoms with van der Waals surface area (Å²) >= 11 is 0. The lowest BCUT2D eigenvalue weighted by molar-refractivity contribution is 0.145. The molecule has 0 radical (unpaired) electrons. The topological polar surface area (TPSA) is 50.9 Å². The van der Waals surface area contributed by atoms with E-state index in [1.165, 1.54) is 0 Å². The molecule has 4 heteroatoms. The fourth-order valence-electron chi connectivity index (χ4n) is 2.29. The molecule has 2 atom stereocenters. The summed E-state index contributed by atoms with van der Waals surface area (Å²) in [4.78, 5) is 4.28. The van der Waals surface area contributed by atoms with E-state index in [0.29, 0.717) is 12.3 Å². The predicted molar refractivity (Wildman–Crippen MR) is 79.4 cm³/mol. The lowest BCUT2D eigenvalue weighted by Gasteiger charge is -2.19. The maximum atomic E-state index is 10.4. The second kappa shape index (κ2) is 6.66. The summed E-state index contributed by atoms with van der Waals surface area (Å²) in [6.07, 6.45) is 1.65. The Balaban J connectivity index is 2.04. The molecule has 1 aromatic heterocycles. The number of benzene rings is 1. The summed E-state index contributed by atoms with van der Waals surface area (Å²) in [7, 11) is 0. The van der Waals surface area contributed by atoms with Crippen LogP contribution >= 0.6 is 0 Å². The largest absolute Gasteiger partial charge is 0.392 e. The summed E-state index contributed by atoms with van der Waals surface area (Å²) in [5.41, 5.74) is 1.15. The Bertz CT molecular complexity index is 522. The van der Waals surface area contributed by atoms with Gasteiger partial charge in [0.25, 0.3) is 0 Å². The van der Waals surface area contributed by atoms with Crippen LogP contribution in [0.2, 0.25) is 0 Å². The number of hydrogen-bond donors (Lipinski definition) is 1. The van der Waals surface area contributed by atoms with Gasteiger partial charge in [0.1, 0.15) is 12.2 Å². The Morgan fingerprint density at radius 3 is 2.50 bits per heavy atom. The summed E-state index contributed by atoms with van der Waals surface area (Å²) in [5, 5.41) is 14.7. The van der Waals surface area contributed by atoms with Crippen molar-refractivity contribution in [3.05, 3.63) is 48.0 Å². The fraction of sp³-hybridized carbons (Fsp3) is 0.500. The second-order valence-electron chi connectivity index (χ2n) is 5.72. The van der Waals surface area contributed by atoms with E-state index in [9.17, 15) is 5.11 Å². The van der Waals surface area contributed by atoms with Crippen molar-refractivity contribution in [1.82, 2.24) is 14.8 Å². The van der Waals surface area contributed by atoms with Gasteiger partial charge >= 0.3 is 0 Å². The normalized spacial score (nSPS) is 14.4. The third-order valence-corrected chi connectivity index (χ3v) is 3.53. The second-order valence-corrected chi connectivity index (χ2v) is 5.72. The molecular formula is C16H23N3O. The molecule has 2 unspecified atom stereocenters. The van der Waals surface area contributed by atoms with Crippen molar-refractivity contribution >= 4 is 0 Å². The van der Waals surface area contributed by atoms with Gasteiger partial charge in [-0.2, -0.15) is 5.10 Å². The van der Waals surface area contributed by atoms with Crippen LogP contribution in [0.15, 0.2) is 36.7 Å². The third-order valence-electron chi connectivity index (χ3n) is 3.53. The Hall–Kier alpha value is -1.68.